The van der Waals surface area contributed by atoms with Crippen LogP contribution in [0.5, 0.6) is 0 Å². The first-order valence-electron chi connectivity index (χ1n) is 8.10. The fourth-order valence-corrected chi connectivity index (χ4v) is 4.03. The van der Waals surface area contributed by atoms with Gasteiger partial charge in [-0.1, -0.05) is 12.1 Å². The van der Waals surface area contributed by atoms with Crippen LogP contribution in [-0.4, -0.2) is 47.0 Å². The van der Waals surface area contributed by atoms with E-state index < -0.39 is 0 Å². The fourth-order valence-electron chi connectivity index (χ4n) is 2.95. The number of aryl methyl sites for hydroxylation is 3. The van der Waals surface area contributed by atoms with E-state index in [1.807, 2.05) is 24.0 Å². The van der Waals surface area contributed by atoms with Crippen LogP contribution in [0.2, 0.25) is 0 Å². The lowest BCUT2D eigenvalue weighted by atomic mass is 10.2. The topological polar surface area (TPSA) is 49.6 Å². The molecule has 5 nitrogen and oxygen atoms in total. The van der Waals surface area contributed by atoms with Gasteiger partial charge in [0.1, 0.15) is 0 Å². The van der Waals surface area contributed by atoms with Gasteiger partial charge in [-0.3, -0.25) is 9.69 Å². The van der Waals surface area contributed by atoms with E-state index in [0.29, 0.717) is 0 Å². The molecule has 1 fully saturated rings. The van der Waals surface area contributed by atoms with Crippen LogP contribution < -0.4 is 0 Å². The molecule has 0 atom stereocenters. The summed E-state index contributed by atoms with van der Waals surface area (Å²) in [6, 6.07) is 4.01. The molecule has 0 spiro atoms. The van der Waals surface area contributed by atoms with Crippen LogP contribution in [0.25, 0.3) is 0 Å². The molecule has 0 aliphatic carbocycles. The van der Waals surface area contributed by atoms with Gasteiger partial charge in [-0.25, -0.2) is 0 Å². The number of thiophene rings is 1. The Morgan fingerprint density at radius 3 is 2.57 bits per heavy atom. The third-order valence-electron chi connectivity index (χ3n) is 4.27. The van der Waals surface area contributed by atoms with Crippen molar-refractivity contribution in [2.24, 2.45) is 0 Å². The third-order valence-corrected chi connectivity index (χ3v) is 5.64. The third kappa shape index (κ3) is 3.64. The van der Waals surface area contributed by atoms with Gasteiger partial charge in [0.05, 0.1) is 17.1 Å². The summed E-state index contributed by atoms with van der Waals surface area (Å²) in [5.41, 5.74) is 2.15. The van der Waals surface area contributed by atoms with Crippen LogP contribution in [0.1, 0.15) is 38.5 Å². The van der Waals surface area contributed by atoms with Crippen molar-refractivity contribution < 1.29 is 9.32 Å². The van der Waals surface area contributed by atoms with Crippen molar-refractivity contribution in [3.63, 3.8) is 0 Å². The van der Waals surface area contributed by atoms with Gasteiger partial charge < -0.3 is 9.42 Å². The maximum atomic E-state index is 12.6. The summed E-state index contributed by atoms with van der Waals surface area (Å²) in [5, 5.41) is 3.92. The Morgan fingerprint density at radius 1 is 1.26 bits per heavy atom. The van der Waals surface area contributed by atoms with Gasteiger partial charge in [-0.2, -0.15) is 0 Å². The molecule has 1 aliphatic heterocycles. The molecule has 23 heavy (non-hydrogen) atoms. The second kappa shape index (κ2) is 6.84. The summed E-state index contributed by atoms with van der Waals surface area (Å²) < 4.78 is 5.27. The van der Waals surface area contributed by atoms with Crippen LogP contribution in [0.3, 0.4) is 0 Å². The zero-order chi connectivity index (χ0) is 16.4. The van der Waals surface area contributed by atoms with Crippen LogP contribution >= 0.6 is 11.3 Å². The highest BCUT2D eigenvalue weighted by molar-refractivity contribution is 7.14. The molecule has 1 aliphatic rings. The fraction of sp³-hybridized carbons (Fsp3) is 0.529. The Kier molecular flexibility index (Phi) is 4.82. The van der Waals surface area contributed by atoms with Crippen molar-refractivity contribution >= 4 is 17.2 Å². The average molecular weight is 333 g/mol. The lowest BCUT2D eigenvalue weighted by Crippen LogP contribution is -2.48. The van der Waals surface area contributed by atoms with E-state index in [-0.39, 0.29) is 5.91 Å². The number of piperazine rings is 1. The summed E-state index contributed by atoms with van der Waals surface area (Å²) in [6.07, 6.45) is 0.994. The standard InChI is InChI=1S/C17H23N3O2S/c1-4-15-12(2)9-16(23-15)17(21)20-7-5-19(6-8-20)11-14-10-13(3)18-22-14/h9-10H,4-8,11H2,1-3H3. The van der Waals surface area contributed by atoms with E-state index in [9.17, 15) is 4.79 Å². The molecule has 1 saturated heterocycles. The minimum Gasteiger partial charge on any atom is -0.360 e. The normalized spacial score (nSPS) is 16.0. The monoisotopic (exact) mass is 333 g/mol. The molecule has 0 aromatic carbocycles. The van der Waals surface area contributed by atoms with Crippen LogP contribution in [-0.2, 0) is 13.0 Å². The number of nitrogens with zero attached hydrogens (tertiary/aromatic N) is 3. The van der Waals surface area contributed by atoms with Crippen molar-refractivity contribution in [3.8, 4) is 0 Å². The first kappa shape index (κ1) is 16.2. The molecule has 0 radical (unpaired) electrons. The number of aromatic nitrogens is 1. The smallest absolute Gasteiger partial charge is 0.264 e. The number of rotatable bonds is 4. The lowest BCUT2D eigenvalue weighted by molar-refractivity contribution is 0.0622. The molecule has 0 unspecified atom stereocenters. The summed E-state index contributed by atoms with van der Waals surface area (Å²) in [5.74, 6) is 1.07. The highest BCUT2D eigenvalue weighted by Crippen LogP contribution is 2.24. The molecule has 0 saturated carbocycles. The number of carbonyl (C=O) groups is 1. The molecule has 6 heteroatoms. The zero-order valence-electron chi connectivity index (χ0n) is 14.0. The largest absolute Gasteiger partial charge is 0.360 e. The number of hydrogen-bond acceptors (Lipinski definition) is 5. The molecule has 1 amide bonds. The number of hydrogen-bond donors (Lipinski definition) is 0. The second-order valence-electron chi connectivity index (χ2n) is 6.07. The number of amides is 1. The highest BCUT2D eigenvalue weighted by Gasteiger charge is 2.24. The number of carbonyl (C=O) groups excluding carboxylic acids is 1. The molecule has 3 rings (SSSR count). The highest BCUT2D eigenvalue weighted by atomic mass is 32.1. The molecular weight excluding hydrogens is 310 g/mol. The van der Waals surface area contributed by atoms with E-state index in [1.165, 1.54) is 10.4 Å². The van der Waals surface area contributed by atoms with Gasteiger partial charge in [0.25, 0.3) is 5.91 Å². The van der Waals surface area contributed by atoms with Gasteiger partial charge in [-0.15, -0.1) is 11.3 Å². The Bertz CT molecular complexity index is 684. The summed E-state index contributed by atoms with van der Waals surface area (Å²) in [6.45, 7) is 10.2. The van der Waals surface area contributed by atoms with Crippen LogP contribution in [0.15, 0.2) is 16.7 Å². The maximum Gasteiger partial charge on any atom is 0.264 e. The summed E-state index contributed by atoms with van der Waals surface area (Å²) in [4.78, 5) is 19.1. The minimum atomic E-state index is 0.174. The Hall–Kier alpha value is -1.66. The average Bonchev–Trinajstić information content (AvgIpc) is 3.13. The van der Waals surface area contributed by atoms with Gasteiger partial charge in [-0.05, 0) is 31.9 Å². The predicted octanol–water partition coefficient (Wildman–Crippen LogP) is 2.87. The van der Waals surface area contributed by atoms with E-state index in [2.05, 4.69) is 23.9 Å². The molecule has 2 aromatic heterocycles. The SMILES string of the molecule is CCc1sc(C(=O)N2CCN(Cc3cc(C)no3)CC2)cc1C. The van der Waals surface area contributed by atoms with E-state index in [4.69, 9.17) is 4.52 Å². The summed E-state index contributed by atoms with van der Waals surface area (Å²) in [7, 11) is 0. The van der Waals surface area contributed by atoms with E-state index in [1.54, 1.807) is 11.3 Å². The Morgan fingerprint density at radius 2 is 2.00 bits per heavy atom. The Balaban J connectivity index is 1.56. The first-order chi connectivity index (χ1) is 11.1. The Labute approximate surface area is 140 Å². The van der Waals surface area contributed by atoms with Crippen molar-refractivity contribution in [1.29, 1.82) is 0 Å². The van der Waals surface area contributed by atoms with Crippen molar-refractivity contribution in [2.45, 2.75) is 33.7 Å². The van der Waals surface area contributed by atoms with Gasteiger partial charge in [0.15, 0.2) is 5.76 Å². The molecule has 2 aromatic rings. The van der Waals surface area contributed by atoms with E-state index in [0.717, 1.165) is 55.5 Å². The molecular formula is C17H23N3O2S. The molecule has 124 valence electrons. The van der Waals surface area contributed by atoms with Gasteiger partial charge in [0, 0.05) is 37.1 Å². The minimum absolute atomic E-state index is 0.174. The molecule has 0 N–H and O–H groups in total. The molecule has 3 heterocycles. The zero-order valence-corrected chi connectivity index (χ0v) is 14.8. The van der Waals surface area contributed by atoms with Crippen LogP contribution in [0.4, 0.5) is 0 Å². The molecule has 0 bridgehead atoms. The van der Waals surface area contributed by atoms with Crippen molar-refractivity contribution in [2.75, 3.05) is 26.2 Å². The van der Waals surface area contributed by atoms with Crippen LogP contribution in [0, 0.1) is 13.8 Å². The maximum absolute atomic E-state index is 12.6. The quantitative estimate of drug-likeness (QED) is 0.863. The second-order valence-corrected chi connectivity index (χ2v) is 7.21. The first-order valence-corrected chi connectivity index (χ1v) is 8.91. The van der Waals surface area contributed by atoms with Gasteiger partial charge in [0.2, 0.25) is 0 Å². The van der Waals surface area contributed by atoms with Crippen molar-refractivity contribution in [3.05, 3.63) is 38.9 Å². The summed E-state index contributed by atoms with van der Waals surface area (Å²) >= 11 is 1.64. The predicted molar refractivity (Wildman–Crippen MR) is 90.9 cm³/mol. The van der Waals surface area contributed by atoms with Gasteiger partial charge >= 0.3 is 0 Å². The van der Waals surface area contributed by atoms with E-state index >= 15 is 0 Å². The lowest BCUT2D eigenvalue weighted by Gasteiger charge is -2.33. The van der Waals surface area contributed by atoms with Crippen molar-refractivity contribution in [1.82, 2.24) is 15.0 Å².